The first-order valence-electron chi connectivity index (χ1n) is 6.93. The lowest BCUT2D eigenvalue weighted by atomic mass is 10.1. The molecule has 0 aliphatic heterocycles. The molecule has 0 bridgehead atoms. The average molecular weight is 329 g/mol. The molecule has 0 aliphatic rings. The molecule has 0 unspecified atom stereocenters. The predicted molar refractivity (Wildman–Crippen MR) is 84.1 cm³/mol. The molecule has 1 rings (SSSR count). The molecular formula is C15H23NO5S. The molecular weight excluding hydrogens is 306 g/mol. The van der Waals surface area contributed by atoms with Gasteiger partial charge in [-0.2, -0.15) is 8.42 Å². The van der Waals surface area contributed by atoms with E-state index in [1.165, 1.54) is 0 Å². The van der Waals surface area contributed by atoms with Crippen molar-refractivity contribution >= 4 is 16.2 Å². The number of benzene rings is 1. The van der Waals surface area contributed by atoms with Crippen LogP contribution in [0.1, 0.15) is 26.3 Å². The van der Waals surface area contributed by atoms with Crippen LogP contribution >= 0.6 is 0 Å². The maximum atomic E-state index is 11.8. The Labute approximate surface area is 131 Å². The molecule has 0 saturated carbocycles. The van der Waals surface area contributed by atoms with Gasteiger partial charge in [-0.1, -0.05) is 30.3 Å². The van der Waals surface area contributed by atoms with Gasteiger partial charge in [-0.25, -0.2) is 4.79 Å². The van der Waals surface area contributed by atoms with E-state index in [9.17, 15) is 13.2 Å². The lowest BCUT2D eigenvalue weighted by Gasteiger charge is -2.23. The fourth-order valence-electron chi connectivity index (χ4n) is 1.73. The molecule has 0 radical (unpaired) electrons. The van der Waals surface area contributed by atoms with Gasteiger partial charge in [-0.05, 0) is 32.8 Å². The molecule has 22 heavy (non-hydrogen) atoms. The van der Waals surface area contributed by atoms with E-state index in [1.54, 1.807) is 20.8 Å². The second-order valence-electron chi connectivity index (χ2n) is 6.02. The zero-order valence-corrected chi connectivity index (χ0v) is 14.1. The molecule has 0 heterocycles. The number of carbonyl (C=O) groups excluding carboxylic acids is 1. The van der Waals surface area contributed by atoms with E-state index in [-0.39, 0.29) is 6.61 Å². The molecule has 1 aromatic carbocycles. The van der Waals surface area contributed by atoms with E-state index < -0.39 is 27.9 Å². The minimum atomic E-state index is -3.57. The van der Waals surface area contributed by atoms with Gasteiger partial charge in [0.1, 0.15) is 5.60 Å². The zero-order valence-electron chi connectivity index (χ0n) is 13.3. The Morgan fingerprint density at radius 1 is 1.23 bits per heavy atom. The van der Waals surface area contributed by atoms with E-state index in [2.05, 4.69) is 5.32 Å². The fourth-order valence-corrected chi connectivity index (χ4v) is 2.14. The van der Waals surface area contributed by atoms with Crippen LogP contribution in [0.25, 0.3) is 0 Å². The second-order valence-corrected chi connectivity index (χ2v) is 7.67. The summed E-state index contributed by atoms with van der Waals surface area (Å²) in [6.45, 7) is 5.12. The minimum absolute atomic E-state index is 0.146. The Bertz CT molecular complexity index is 578. The Kier molecular flexibility index (Phi) is 6.37. The van der Waals surface area contributed by atoms with E-state index in [0.717, 1.165) is 11.8 Å². The lowest BCUT2D eigenvalue weighted by Crippen LogP contribution is -2.43. The summed E-state index contributed by atoms with van der Waals surface area (Å²) in [6, 6.07) is 8.91. The topological polar surface area (TPSA) is 81.7 Å². The number of amides is 1. The number of hydrogen-bond acceptors (Lipinski definition) is 5. The quantitative estimate of drug-likeness (QED) is 0.808. The van der Waals surface area contributed by atoms with Crippen molar-refractivity contribution in [3.8, 4) is 0 Å². The highest BCUT2D eigenvalue weighted by Crippen LogP contribution is 2.09. The van der Waals surface area contributed by atoms with Crippen molar-refractivity contribution in [2.24, 2.45) is 0 Å². The number of hydrogen-bond donors (Lipinski definition) is 1. The van der Waals surface area contributed by atoms with Crippen LogP contribution in [-0.2, 0) is 25.5 Å². The molecule has 6 nitrogen and oxygen atoms in total. The second kappa shape index (κ2) is 7.60. The zero-order chi connectivity index (χ0) is 16.8. The van der Waals surface area contributed by atoms with Crippen LogP contribution < -0.4 is 5.32 Å². The molecule has 0 spiro atoms. The summed E-state index contributed by atoms with van der Waals surface area (Å²) in [5, 5.41) is 2.64. The summed E-state index contributed by atoms with van der Waals surface area (Å²) < 4.78 is 32.3. The Morgan fingerprint density at radius 2 is 1.82 bits per heavy atom. The standard InChI is InChI=1S/C15H23NO5S/c1-15(2,3)21-14(17)16-13(11-20-22(4,18)19)10-12-8-6-5-7-9-12/h5-9,13H,10-11H2,1-4H3,(H,16,17)/t13-/m0/s1. The molecule has 0 fully saturated rings. The van der Waals surface area contributed by atoms with Crippen LogP contribution in [0, 0.1) is 0 Å². The Balaban J connectivity index is 2.71. The third kappa shape index (κ3) is 8.63. The van der Waals surface area contributed by atoms with Gasteiger partial charge in [0.05, 0.1) is 18.9 Å². The first kappa shape index (κ1) is 18.4. The smallest absolute Gasteiger partial charge is 0.407 e. The highest BCUT2D eigenvalue weighted by molar-refractivity contribution is 7.85. The first-order valence-corrected chi connectivity index (χ1v) is 8.75. The molecule has 1 atom stereocenters. The van der Waals surface area contributed by atoms with Crippen LogP contribution in [0.15, 0.2) is 30.3 Å². The van der Waals surface area contributed by atoms with Gasteiger partial charge in [0.25, 0.3) is 10.1 Å². The summed E-state index contributed by atoms with van der Waals surface area (Å²) in [4.78, 5) is 11.8. The molecule has 124 valence electrons. The fraction of sp³-hybridized carbons (Fsp3) is 0.533. The Morgan fingerprint density at radius 3 is 2.32 bits per heavy atom. The van der Waals surface area contributed by atoms with Crippen molar-refractivity contribution in [3.63, 3.8) is 0 Å². The van der Waals surface area contributed by atoms with Crippen LogP contribution in [0.2, 0.25) is 0 Å². The lowest BCUT2D eigenvalue weighted by molar-refractivity contribution is 0.0488. The average Bonchev–Trinajstić information content (AvgIpc) is 2.34. The summed E-state index contributed by atoms with van der Waals surface area (Å²) in [5.41, 5.74) is 0.333. The Hall–Kier alpha value is -1.60. The third-order valence-corrected chi connectivity index (χ3v) is 3.09. The number of ether oxygens (including phenoxy) is 1. The van der Waals surface area contributed by atoms with E-state index in [4.69, 9.17) is 8.92 Å². The molecule has 7 heteroatoms. The molecule has 0 saturated heterocycles. The highest BCUT2D eigenvalue weighted by atomic mass is 32.2. The van der Waals surface area contributed by atoms with Crippen molar-refractivity contribution in [1.82, 2.24) is 5.32 Å². The summed E-state index contributed by atoms with van der Waals surface area (Å²) in [7, 11) is -3.57. The highest BCUT2D eigenvalue weighted by Gasteiger charge is 2.21. The minimum Gasteiger partial charge on any atom is -0.444 e. The molecule has 0 aliphatic carbocycles. The first-order chi connectivity index (χ1) is 10.1. The monoisotopic (exact) mass is 329 g/mol. The van der Waals surface area contributed by atoms with Crippen molar-refractivity contribution < 1.29 is 22.1 Å². The largest absolute Gasteiger partial charge is 0.444 e. The maximum absolute atomic E-state index is 11.8. The number of rotatable bonds is 6. The summed E-state index contributed by atoms with van der Waals surface area (Å²) in [5.74, 6) is 0. The van der Waals surface area contributed by atoms with E-state index >= 15 is 0 Å². The van der Waals surface area contributed by atoms with Crippen LogP contribution in [0.4, 0.5) is 4.79 Å². The number of nitrogens with one attached hydrogen (secondary N) is 1. The third-order valence-electron chi connectivity index (χ3n) is 2.53. The van der Waals surface area contributed by atoms with Crippen LogP contribution in [0.5, 0.6) is 0 Å². The van der Waals surface area contributed by atoms with Gasteiger partial charge in [0.15, 0.2) is 0 Å². The van der Waals surface area contributed by atoms with E-state index in [0.29, 0.717) is 6.42 Å². The maximum Gasteiger partial charge on any atom is 0.407 e. The molecule has 1 aromatic rings. The molecule has 0 aromatic heterocycles. The van der Waals surface area contributed by atoms with E-state index in [1.807, 2.05) is 30.3 Å². The van der Waals surface area contributed by atoms with Gasteiger partial charge in [-0.3, -0.25) is 4.18 Å². The van der Waals surface area contributed by atoms with Gasteiger partial charge >= 0.3 is 6.09 Å². The van der Waals surface area contributed by atoms with Gasteiger partial charge in [0.2, 0.25) is 0 Å². The van der Waals surface area contributed by atoms with Gasteiger partial charge < -0.3 is 10.1 Å². The van der Waals surface area contributed by atoms with Crippen molar-refractivity contribution in [2.45, 2.75) is 38.8 Å². The number of alkyl carbamates (subject to hydrolysis) is 1. The molecule has 1 amide bonds. The SMILES string of the molecule is CC(C)(C)OC(=O)N[C@H](COS(C)(=O)=O)Cc1ccccc1. The van der Waals surface area contributed by atoms with Crippen LogP contribution in [-0.4, -0.2) is 39.0 Å². The number of carbonyl (C=O) groups is 1. The van der Waals surface area contributed by atoms with Crippen LogP contribution in [0.3, 0.4) is 0 Å². The van der Waals surface area contributed by atoms with Crippen molar-refractivity contribution in [2.75, 3.05) is 12.9 Å². The van der Waals surface area contributed by atoms with Crippen molar-refractivity contribution in [3.05, 3.63) is 35.9 Å². The molecule has 1 N–H and O–H groups in total. The normalized spacial score (nSPS) is 13.5. The summed E-state index contributed by atoms with van der Waals surface area (Å²) in [6.07, 6.45) is 0.806. The van der Waals surface area contributed by atoms with Crippen molar-refractivity contribution in [1.29, 1.82) is 0 Å². The van der Waals surface area contributed by atoms with Gasteiger partial charge in [-0.15, -0.1) is 0 Å². The summed E-state index contributed by atoms with van der Waals surface area (Å²) >= 11 is 0. The predicted octanol–water partition coefficient (Wildman–Crippen LogP) is 2.10. The van der Waals surface area contributed by atoms with Gasteiger partial charge in [0, 0.05) is 0 Å².